The molecule has 1 aliphatic carbocycles. The van der Waals surface area contributed by atoms with Crippen LogP contribution >= 0.6 is 0 Å². The molecule has 1 heterocycles. The van der Waals surface area contributed by atoms with E-state index >= 15 is 0 Å². The summed E-state index contributed by atoms with van der Waals surface area (Å²) in [5.41, 5.74) is 0.484. The predicted octanol–water partition coefficient (Wildman–Crippen LogP) is 2.38. The number of aromatic nitrogens is 2. The highest BCUT2D eigenvalue weighted by atomic mass is 16.5. The van der Waals surface area contributed by atoms with Crippen LogP contribution in [0.1, 0.15) is 52.2 Å². The van der Waals surface area contributed by atoms with Crippen molar-refractivity contribution in [1.29, 1.82) is 0 Å². The van der Waals surface area contributed by atoms with E-state index in [4.69, 9.17) is 9.84 Å². The summed E-state index contributed by atoms with van der Waals surface area (Å²) in [7, 11) is 1.61. The van der Waals surface area contributed by atoms with Gasteiger partial charge in [-0.3, -0.25) is 4.79 Å². The van der Waals surface area contributed by atoms with E-state index in [0.717, 1.165) is 43.2 Å². The van der Waals surface area contributed by atoms with Gasteiger partial charge in [-0.1, -0.05) is 25.0 Å². The van der Waals surface area contributed by atoms with E-state index in [2.05, 4.69) is 15.3 Å². The Hall–Kier alpha value is -2.96. The average molecular weight is 341 g/mol. The largest absolute Gasteiger partial charge is 0.497 e. The van der Waals surface area contributed by atoms with Gasteiger partial charge in [-0.2, -0.15) is 0 Å². The van der Waals surface area contributed by atoms with Crippen molar-refractivity contribution in [3.8, 4) is 5.75 Å². The highest BCUT2D eigenvalue weighted by Gasteiger charge is 2.37. The highest BCUT2D eigenvalue weighted by molar-refractivity contribution is 5.93. The molecule has 0 atom stereocenters. The average Bonchev–Trinajstić information content (AvgIpc) is 3.11. The van der Waals surface area contributed by atoms with Crippen LogP contribution in [0.15, 0.2) is 36.7 Å². The molecule has 2 aromatic rings. The molecule has 0 saturated heterocycles. The normalized spacial score (nSPS) is 15.6. The number of hydrogen-bond donors (Lipinski definition) is 2. The summed E-state index contributed by atoms with van der Waals surface area (Å²) in [6.45, 7) is 0. The van der Waals surface area contributed by atoms with E-state index in [0.29, 0.717) is 0 Å². The van der Waals surface area contributed by atoms with Gasteiger partial charge in [-0.05, 0) is 30.5 Å². The van der Waals surface area contributed by atoms with Gasteiger partial charge in [0.2, 0.25) is 0 Å². The topological polar surface area (TPSA) is 101 Å². The maximum absolute atomic E-state index is 12.6. The fourth-order valence-electron chi connectivity index (χ4n) is 3.21. The first-order valence-corrected chi connectivity index (χ1v) is 8.06. The van der Waals surface area contributed by atoms with E-state index in [1.807, 2.05) is 24.3 Å². The van der Waals surface area contributed by atoms with Crippen molar-refractivity contribution in [2.45, 2.75) is 31.2 Å². The van der Waals surface area contributed by atoms with E-state index in [1.165, 1.54) is 6.20 Å². The zero-order valence-electron chi connectivity index (χ0n) is 13.9. The quantitative estimate of drug-likeness (QED) is 0.866. The Balaban J connectivity index is 1.83. The lowest BCUT2D eigenvalue weighted by molar-refractivity contribution is 0.0688. The van der Waals surface area contributed by atoms with Crippen LogP contribution in [0.25, 0.3) is 0 Å². The first-order valence-electron chi connectivity index (χ1n) is 8.06. The predicted molar refractivity (Wildman–Crippen MR) is 89.6 cm³/mol. The Morgan fingerprint density at radius 2 is 1.68 bits per heavy atom. The molecule has 0 bridgehead atoms. The molecule has 7 nitrogen and oxygen atoms in total. The molecular formula is C18H19N3O4. The number of nitrogens with one attached hydrogen (secondary N) is 1. The molecule has 0 unspecified atom stereocenters. The molecule has 7 heteroatoms. The Labute approximate surface area is 145 Å². The van der Waals surface area contributed by atoms with Gasteiger partial charge in [0.1, 0.15) is 11.4 Å². The summed E-state index contributed by atoms with van der Waals surface area (Å²) < 4.78 is 5.19. The molecule has 1 amide bonds. The first kappa shape index (κ1) is 16.9. The third-order valence-electron chi connectivity index (χ3n) is 4.56. The van der Waals surface area contributed by atoms with Crippen LogP contribution < -0.4 is 10.1 Å². The van der Waals surface area contributed by atoms with Gasteiger partial charge >= 0.3 is 5.97 Å². The number of carbonyl (C=O) groups excluding carboxylic acids is 1. The third-order valence-corrected chi connectivity index (χ3v) is 4.56. The van der Waals surface area contributed by atoms with Gasteiger partial charge in [-0.25, -0.2) is 14.8 Å². The standard InChI is InChI=1S/C18H19N3O4/c1-25-13-6-4-12(5-7-13)18(8-2-3-9-18)21-16(22)14-10-20-15(11-19-14)17(23)24/h4-7,10-11H,2-3,8-9H2,1H3,(H,21,22)(H,23,24). The molecular weight excluding hydrogens is 322 g/mol. The van der Waals surface area contributed by atoms with Gasteiger partial charge in [0.25, 0.3) is 5.91 Å². The van der Waals surface area contributed by atoms with Crippen LogP contribution in [0.4, 0.5) is 0 Å². The van der Waals surface area contributed by atoms with Crippen molar-refractivity contribution >= 4 is 11.9 Å². The summed E-state index contributed by atoms with van der Waals surface area (Å²) in [5.74, 6) is -0.773. The van der Waals surface area contributed by atoms with E-state index in [1.54, 1.807) is 7.11 Å². The first-order chi connectivity index (χ1) is 12.0. The van der Waals surface area contributed by atoms with Crippen molar-refractivity contribution in [2.24, 2.45) is 0 Å². The number of rotatable bonds is 5. The van der Waals surface area contributed by atoms with Crippen LogP contribution in [0, 0.1) is 0 Å². The molecule has 0 spiro atoms. The van der Waals surface area contributed by atoms with Crippen molar-refractivity contribution in [3.05, 3.63) is 53.6 Å². The number of aromatic carboxylic acids is 1. The van der Waals surface area contributed by atoms with Gasteiger partial charge < -0.3 is 15.2 Å². The number of benzene rings is 1. The molecule has 1 aromatic heterocycles. The second-order valence-electron chi connectivity index (χ2n) is 6.06. The van der Waals surface area contributed by atoms with Crippen molar-refractivity contribution in [3.63, 3.8) is 0 Å². The minimum absolute atomic E-state index is 0.102. The van der Waals surface area contributed by atoms with Crippen molar-refractivity contribution in [1.82, 2.24) is 15.3 Å². The van der Waals surface area contributed by atoms with E-state index < -0.39 is 11.5 Å². The lowest BCUT2D eigenvalue weighted by atomic mass is 9.88. The molecule has 1 fully saturated rings. The maximum atomic E-state index is 12.6. The molecule has 1 aromatic carbocycles. The van der Waals surface area contributed by atoms with Gasteiger partial charge in [0.05, 0.1) is 25.0 Å². The number of nitrogens with zero attached hydrogens (tertiary/aromatic N) is 2. The smallest absolute Gasteiger partial charge is 0.356 e. The van der Waals surface area contributed by atoms with E-state index in [-0.39, 0.29) is 17.3 Å². The Kier molecular flexibility index (Phi) is 4.65. The second kappa shape index (κ2) is 6.88. The molecule has 25 heavy (non-hydrogen) atoms. The molecule has 0 aliphatic heterocycles. The Morgan fingerprint density at radius 3 is 2.20 bits per heavy atom. The fourth-order valence-corrected chi connectivity index (χ4v) is 3.21. The molecule has 130 valence electrons. The lowest BCUT2D eigenvalue weighted by Gasteiger charge is -2.31. The van der Waals surface area contributed by atoms with Gasteiger partial charge in [0.15, 0.2) is 5.69 Å². The van der Waals surface area contributed by atoms with Crippen molar-refractivity contribution < 1.29 is 19.4 Å². The number of amides is 1. The number of carboxylic acid groups (broad SMARTS) is 1. The third kappa shape index (κ3) is 3.45. The summed E-state index contributed by atoms with van der Waals surface area (Å²) >= 11 is 0. The van der Waals surface area contributed by atoms with Crippen LogP contribution in [-0.2, 0) is 5.54 Å². The molecule has 0 radical (unpaired) electrons. The lowest BCUT2D eigenvalue weighted by Crippen LogP contribution is -2.44. The monoisotopic (exact) mass is 341 g/mol. The summed E-state index contributed by atoms with van der Waals surface area (Å²) in [4.78, 5) is 31.1. The highest BCUT2D eigenvalue weighted by Crippen LogP contribution is 2.39. The van der Waals surface area contributed by atoms with Crippen LogP contribution in [-0.4, -0.2) is 34.1 Å². The summed E-state index contributed by atoms with van der Waals surface area (Å²) in [5, 5.41) is 11.9. The molecule has 1 saturated carbocycles. The molecule has 1 aliphatic rings. The van der Waals surface area contributed by atoms with Crippen LogP contribution in [0.5, 0.6) is 5.75 Å². The van der Waals surface area contributed by atoms with Crippen molar-refractivity contribution in [2.75, 3.05) is 7.11 Å². The van der Waals surface area contributed by atoms with Crippen LogP contribution in [0.3, 0.4) is 0 Å². The van der Waals surface area contributed by atoms with Gasteiger partial charge in [0, 0.05) is 0 Å². The minimum Gasteiger partial charge on any atom is -0.497 e. The molecule has 2 N–H and O–H groups in total. The minimum atomic E-state index is -1.18. The number of ether oxygens (including phenoxy) is 1. The van der Waals surface area contributed by atoms with Gasteiger partial charge in [-0.15, -0.1) is 0 Å². The number of methoxy groups -OCH3 is 1. The second-order valence-corrected chi connectivity index (χ2v) is 6.06. The summed E-state index contributed by atoms with van der Waals surface area (Å²) in [6.07, 6.45) is 6.00. The van der Waals surface area contributed by atoms with Crippen LogP contribution in [0.2, 0.25) is 0 Å². The number of carbonyl (C=O) groups is 2. The number of hydrogen-bond acceptors (Lipinski definition) is 5. The Morgan fingerprint density at radius 1 is 1.08 bits per heavy atom. The summed E-state index contributed by atoms with van der Waals surface area (Å²) in [6, 6.07) is 7.68. The Bertz CT molecular complexity index is 766. The fraction of sp³-hybridized carbons (Fsp3) is 0.333. The van der Waals surface area contributed by atoms with E-state index in [9.17, 15) is 9.59 Å². The maximum Gasteiger partial charge on any atom is 0.356 e. The zero-order valence-corrected chi connectivity index (χ0v) is 13.9. The zero-order chi connectivity index (χ0) is 17.9. The number of carboxylic acids is 1. The molecule has 3 rings (SSSR count). The SMILES string of the molecule is COc1ccc(C2(NC(=O)c3cnc(C(=O)O)cn3)CCCC2)cc1.